The Morgan fingerprint density at radius 1 is 0.534 bits per heavy atom. The molecular weight excluding hydrogens is 921 g/mol. The van der Waals surface area contributed by atoms with Crippen molar-refractivity contribution in [2.45, 2.75) is 85.1 Å². The molecule has 0 fully saturated rings. The summed E-state index contributed by atoms with van der Waals surface area (Å²) in [4.78, 5) is 80.7. The van der Waals surface area contributed by atoms with Crippen LogP contribution in [-0.2, 0) is 21.0 Å². The minimum absolute atomic E-state index is 0.104. The molecule has 13 heteroatoms. The van der Waals surface area contributed by atoms with Crippen LogP contribution in [0.2, 0.25) is 0 Å². The van der Waals surface area contributed by atoms with Gasteiger partial charge in [0.25, 0.3) is 0 Å². The largest absolute Gasteiger partial charge is 0.497 e. The molecule has 0 spiro atoms. The van der Waals surface area contributed by atoms with Crippen molar-refractivity contribution in [3.05, 3.63) is 155 Å². The number of esters is 1. The van der Waals surface area contributed by atoms with Gasteiger partial charge in [0.2, 0.25) is 11.6 Å². The number of unbranched alkanes of at least 4 members (excludes halogenated alkanes) is 3. The summed E-state index contributed by atoms with van der Waals surface area (Å²) in [5.74, 6) is 0.206. The van der Waals surface area contributed by atoms with E-state index in [-0.39, 0.29) is 34.6 Å². The van der Waals surface area contributed by atoms with Crippen LogP contribution in [0.15, 0.2) is 132 Å². The molecular formula is C60H60N4O9. The number of aromatic nitrogens is 2. The van der Waals surface area contributed by atoms with Gasteiger partial charge in [0.1, 0.15) is 37.1 Å². The number of hydrogen-bond donors (Lipinski definition) is 1. The summed E-state index contributed by atoms with van der Waals surface area (Å²) in [7, 11) is 4.42. The van der Waals surface area contributed by atoms with Gasteiger partial charge >= 0.3 is 5.97 Å². The molecule has 2 heterocycles. The quantitative estimate of drug-likeness (QED) is 0.0155. The van der Waals surface area contributed by atoms with Crippen LogP contribution in [-0.4, -0.2) is 71.4 Å². The predicted octanol–water partition coefficient (Wildman–Crippen LogP) is 13.1. The van der Waals surface area contributed by atoms with Gasteiger partial charge in [0, 0.05) is 90.5 Å². The number of Topliss-reactive ketones (excluding diaryl/α,β-unsaturated/α-hetero) is 2. The highest BCUT2D eigenvalue weighted by molar-refractivity contribution is 6.47. The van der Waals surface area contributed by atoms with E-state index in [2.05, 4.69) is 33.7 Å². The smallest absolute Gasteiger partial charge is 0.308 e. The van der Waals surface area contributed by atoms with Gasteiger partial charge in [-0.1, -0.05) is 49.8 Å². The van der Waals surface area contributed by atoms with E-state index in [1.54, 1.807) is 79.9 Å². The monoisotopic (exact) mass is 980 g/mol. The minimum atomic E-state index is -0.446. The zero-order chi connectivity index (χ0) is 51.6. The highest BCUT2D eigenvalue weighted by Crippen LogP contribution is 2.34. The van der Waals surface area contributed by atoms with E-state index in [0.717, 1.165) is 75.8 Å². The number of carbonyl (C=O) groups is 5. The number of hydrogen-bond acceptors (Lipinski definition) is 11. The van der Waals surface area contributed by atoms with Crippen LogP contribution in [0.3, 0.4) is 0 Å². The molecule has 1 unspecified atom stereocenters. The molecule has 6 aromatic carbocycles. The van der Waals surface area contributed by atoms with Gasteiger partial charge in [-0.2, -0.15) is 0 Å². The molecule has 0 saturated carbocycles. The maximum Gasteiger partial charge on any atom is 0.308 e. The maximum absolute atomic E-state index is 14.3. The van der Waals surface area contributed by atoms with Crippen molar-refractivity contribution in [1.29, 1.82) is 0 Å². The third kappa shape index (κ3) is 11.5. The van der Waals surface area contributed by atoms with Gasteiger partial charge in [-0.15, -0.1) is 0 Å². The zero-order valence-corrected chi connectivity index (χ0v) is 42.2. The normalized spacial score (nSPS) is 12.4. The second kappa shape index (κ2) is 23.4. The summed E-state index contributed by atoms with van der Waals surface area (Å²) in [6.45, 7) is 6.57. The first-order valence-corrected chi connectivity index (χ1v) is 24.9. The molecule has 1 atom stereocenters. The van der Waals surface area contributed by atoms with Crippen molar-refractivity contribution >= 4 is 84.1 Å². The number of aromatic amines is 1. The third-order valence-electron chi connectivity index (χ3n) is 13.5. The number of oxime groups is 2. The average molecular weight is 981 g/mol. The summed E-state index contributed by atoms with van der Waals surface area (Å²) in [5, 5.41) is 11.7. The Labute approximate surface area is 424 Å². The molecule has 13 nitrogen and oxygen atoms in total. The molecule has 0 aliphatic rings. The molecule has 1 N–H and O–H groups in total. The van der Waals surface area contributed by atoms with Gasteiger partial charge in [0.15, 0.2) is 11.6 Å². The van der Waals surface area contributed by atoms with E-state index in [1.165, 1.54) is 21.1 Å². The van der Waals surface area contributed by atoms with Crippen molar-refractivity contribution in [2.24, 2.45) is 16.2 Å². The number of carbonyl (C=O) groups excluding carboxylic acids is 5. The molecule has 8 aromatic rings. The van der Waals surface area contributed by atoms with E-state index in [1.807, 2.05) is 48.5 Å². The molecule has 0 amide bonds. The van der Waals surface area contributed by atoms with Crippen LogP contribution in [0.25, 0.3) is 43.6 Å². The Hall–Kier alpha value is -8.19. The molecule has 0 aliphatic heterocycles. The number of ketones is 4. The van der Waals surface area contributed by atoms with Crippen molar-refractivity contribution in [2.75, 3.05) is 21.3 Å². The highest BCUT2D eigenvalue weighted by atomic mass is 16.6. The Morgan fingerprint density at radius 2 is 0.986 bits per heavy atom. The second-order valence-corrected chi connectivity index (χ2v) is 18.3. The molecule has 8 rings (SSSR count). The van der Waals surface area contributed by atoms with Crippen LogP contribution in [0.4, 0.5) is 0 Å². The van der Waals surface area contributed by atoms with Crippen molar-refractivity contribution in [3.8, 4) is 11.5 Å². The molecule has 0 saturated heterocycles. The lowest BCUT2D eigenvalue weighted by Crippen LogP contribution is -2.16. The summed E-state index contributed by atoms with van der Waals surface area (Å²) in [5.41, 5.74) is 7.04. The van der Waals surface area contributed by atoms with E-state index >= 15 is 0 Å². The Morgan fingerprint density at radius 3 is 1.48 bits per heavy atom. The molecule has 0 aliphatic carbocycles. The number of methoxy groups -OCH3 is 1. The van der Waals surface area contributed by atoms with Crippen molar-refractivity contribution < 1.29 is 43.1 Å². The fraction of sp³-hybridized carbons (Fsp3) is 0.283. The number of nitrogens with zero attached hydrogens (tertiary/aromatic N) is 3. The van der Waals surface area contributed by atoms with Crippen molar-refractivity contribution in [3.63, 3.8) is 0 Å². The van der Waals surface area contributed by atoms with Crippen LogP contribution in [0.1, 0.15) is 131 Å². The molecule has 0 radical (unpaired) electrons. The van der Waals surface area contributed by atoms with E-state index < -0.39 is 5.97 Å². The summed E-state index contributed by atoms with van der Waals surface area (Å²) < 4.78 is 12.8. The van der Waals surface area contributed by atoms with Gasteiger partial charge in [0.05, 0.1) is 7.11 Å². The SMILES string of the molecule is CCCCC(CC)Cn1c2ccc(C(=O)/C(CCCCC/C(=N\OC)C(=O)c3ccc4[nH]c5ccc(C(=O)c6ccc(OC(C)=O)cc6)cc5c4c3)=N/OC)cc2c2cc(C(=O)c3ccc(OC)cc3)ccc21. The molecule has 2 aromatic heterocycles. The third-order valence-corrected chi connectivity index (χ3v) is 13.5. The number of H-pyrrole nitrogens is 1. The van der Waals surface area contributed by atoms with Gasteiger partial charge < -0.3 is 28.7 Å². The number of nitrogens with one attached hydrogen (secondary N) is 1. The predicted molar refractivity (Wildman–Crippen MR) is 287 cm³/mol. The van der Waals surface area contributed by atoms with Crippen molar-refractivity contribution in [1.82, 2.24) is 9.55 Å². The summed E-state index contributed by atoms with van der Waals surface area (Å²) in [6, 6.07) is 35.9. The maximum atomic E-state index is 14.3. The Bertz CT molecular complexity index is 3420. The van der Waals surface area contributed by atoms with E-state index in [4.69, 9.17) is 19.1 Å². The zero-order valence-electron chi connectivity index (χ0n) is 42.2. The average Bonchev–Trinajstić information content (AvgIpc) is 3.93. The van der Waals surface area contributed by atoms with Gasteiger partial charge in [-0.05, 0) is 159 Å². The lowest BCUT2D eigenvalue weighted by molar-refractivity contribution is -0.131. The second-order valence-electron chi connectivity index (χ2n) is 18.3. The molecule has 73 heavy (non-hydrogen) atoms. The number of rotatable bonds is 24. The Balaban J connectivity index is 0.961. The van der Waals surface area contributed by atoms with Crippen LogP contribution in [0, 0.1) is 5.92 Å². The fourth-order valence-electron chi connectivity index (χ4n) is 9.57. The first-order valence-electron chi connectivity index (χ1n) is 24.9. The van der Waals surface area contributed by atoms with Crippen LogP contribution in [0.5, 0.6) is 11.5 Å². The lowest BCUT2D eigenvalue weighted by Gasteiger charge is -2.17. The molecule has 0 bridgehead atoms. The Kier molecular flexibility index (Phi) is 16.4. The number of fused-ring (bicyclic) bond motifs is 6. The molecule has 374 valence electrons. The number of ether oxygens (including phenoxy) is 2. The fourth-order valence-corrected chi connectivity index (χ4v) is 9.57. The summed E-state index contributed by atoms with van der Waals surface area (Å²) >= 11 is 0. The van der Waals surface area contributed by atoms with Gasteiger partial charge in [-0.25, -0.2) is 0 Å². The first-order chi connectivity index (χ1) is 35.4. The van der Waals surface area contributed by atoms with Crippen LogP contribution >= 0.6 is 0 Å². The van der Waals surface area contributed by atoms with E-state index in [0.29, 0.717) is 82.9 Å². The minimum Gasteiger partial charge on any atom is -0.497 e. The topological polar surface area (TPSA) is 168 Å². The van der Waals surface area contributed by atoms with Gasteiger partial charge in [-0.3, -0.25) is 24.0 Å². The lowest BCUT2D eigenvalue weighted by atomic mass is 9.97. The van der Waals surface area contributed by atoms with Crippen LogP contribution < -0.4 is 9.47 Å². The van der Waals surface area contributed by atoms with E-state index in [9.17, 15) is 24.0 Å². The standard InChI is InChI=1S/C60H60N4O9/c1-7-9-13-38(8-2)36-64-55-30-22-42(58(67)39-16-24-45(70-4)25-17-39)34-49(55)50-35-44(23-31-56(50)64)60(69)54(63-72-6)15-12-10-11-14-53(62-71-5)59(68)43-21-29-52-48(33-43)47-32-41(20-28-51(47)61-52)57(66)40-18-26-46(27-19-40)73-37(3)65/h16-35,38,61H,7-15,36H2,1-6H3/b62-53+,63-54+. The number of benzene rings is 6. The first kappa shape index (κ1) is 51.2. The highest BCUT2D eigenvalue weighted by Gasteiger charge is 2.23. The summed E-state index contributed by atoms with van der Waals surface area (Å²) in [6.07, 6.45) is 6.93.